The highest BCUT2D eigenvalue weighted by molar-refractivity contribution is 5.41. The largest absolute Gasteiger partial charge is 0.416 e. The molecule has 0 aromatic heterocycles. The molecule has 1 aromatic rings. The molecule has 1 fully saturated rings. The van der Waals surface area contributed by atoms with Gasteiger partial charge in [-0.25, -0.2) is 0 Å². The molecule has 0 bridgehead atoms. The van der Waals surface area contributed by atoms with E-state index in [2.05, 4.69) is 4.90 Å². The summed E-state index contributed by atoms with van der Waals surface area (Å²) in [5, 5.41) is 10.7. The van der Waals surface area contributed by atoms with Crippen LogP contribution in [0.15, 0.2) is 18.2 Å². The first-order valence-electron chi connectivity index (χ1n) is 7.03. The third-order valence-corrected chi connectivity index (χ3v) is 3.82. The first-order chi connectivity index (χ1) is 10.3. The van der Waals surface area contributed by atoms with Crippen LogP contribution in [0.25, 0.3) is 0 Å². The maximum atomic E-state index is 13.1. The summed E-state index contributed by atoms with van der Waals surface area (Å²) in [4.78, 5) is 14.0. The van der Waals surface area contributed by atoms with Gasteiger partial charge in [-0.1, -0.05) is 6.07 Å². The third-order valence-electron chi connectivity index (χ3n) is 3.82. The molecule has 0 spiro atoms. The summed E-state index contributed by atoms with van der Waals surface area (Å²) in [7, 11) is 1.98. The number of nitro groups is 1. The predicted molar refractivity (Wildman–Crippen MR) is 75.5 cm³/mol. The number of hydrogen-bond donors (Lipinski definition) is 0. The van der Waals surface area contributed by atoms with Gasteiger partial charge in [-0.05, 0) is 32.1 Å². The molecule has 1 aromatic carbocycles. The van der Waals surface area contributed by atoms with Gasteiger partial charge in [-0.3, -0.25) is 15.0 Å². The standard InChI is InChI=1S/C14H18F3N3O2/c1-18-5-2-6-19(8-7-18)10-11-3-4-12(20(21)22)9-13(11)14(15,16)17/h3-4,9H,2,5-8,10H2,1H3. The van der Waals surface area contributed by atoms with Crippen LogP contribution in [-0.4, -0.2) is 47.9 Å². The van der Waals surface area contributed by atoms with Gasteiger partial charge in [0, 0.05) is 31.8 Å². The average Bonchev–Trinajstić information content (AvgIpc) is 2.63. The van der Waals surface area contributed by atoms with Gasteiger partial charge in [0.05, 0.1) is 10.5 Å². The molecule has 122 valence electrons. The lowest BCUT2D eigenvalue weighted by Crippen LogP contribution is -2.29. The lowest BCUT2D eigenvalue weighted by atomic mass is 10.1. The molecule has 0 aliphatic carbocycles. The minimum atomic E-state index is -4.59. The average molecular weight is 317 g/mol. The molecule has 8 heteroatoms. The summed E-state index contributed by atoms with van der Waals surface area (Å²) in [5.74, 6) is 0. The molecule has 0 atom stereocenters. The number of nitro benzene ring substituents is 1. The molecule has 5 nitrogen and oxygen atoms in total. The van der Waals surface area contributed by atoms with Gasteiger partial charge in [0.15, 0.2) is 0 Å². The van der Waals surface area contributed by atoms with Crippen molar-refractivity contribution >= 4 is 5.69 Å². The molecule has 0 unspecified atom stereocenters. The Balaban J connectivity index is 2.24. The van der Waals surface area contributed by atoms with Gasteiger partial charge < -0.3 is 4.90 Å². The molecule has 0 amide bonds. The second-order valence-electron chi connectivity index (χ2n) is 5.53. The fourth-order valence-electron chi connectivity index (χ4n) is 2.58. The summed E-state index contributed by atoms with van der Waals surface area (Å²) in [5.41, 5.74) is -1.37. The molecule has 2 rings (SSSR count). The summed E-state index contributed by atoms with van der Waals surface area (Å²) in [6.07, 6.45) is -3.70. The smallest absolute Gasteiger partial charge is 0.305 e. The molecule has 1 heterocycles. The van der Waals surface area contributed by atoms with Crippen LogP contribution in [0.3, 0.4) is 0 Å². The van der Waals surface area contributed by atoms with Crippen LogP contribution in [0.2, 0.25) is 0 Å². The number of halogens is 3. The van der Waals surface area contributed by atoms with Crippen LogP contribution in [0.1, 0.15) is 17.5 Å². The van der Waals surface area contributed by atoms with E-state index in [1.807, 2.05) is 11.9 Å². The maximum absolute atomic E-state index is 13.1. The van der Waals surface area contributed by atoms with Crippen molar-refractivity contribution < 1.29 is 18.1 Å². The topological polar surface area (TPSA) is 49.6 Å². The van der Waals surface area contributed by atoms with Gasteiger partial charge in [0.2, 0.25) is 0 Å². The molecular formula is C14H18F3N3O2. The Kier molecular flexibility index (Phi) is 5.02. The molecule has 0 saturated carbocycles. The Hall–Kier alpha value is -1.67. The van der Waals surface area contributed by atoms with Crippen molar-refractivity contribution in [3.63, 3.8) is 0 Å². The summed E-state index contributed by atoms with van der Waals surface area (Å²) < 4.78 is 39.4. The SMILES string of the molecule is CN1CCCN(Cc2ccc([N+](=O)[O-])cc2C(F)(F)F)CC1. The zero-order chi connectivity index (χ0) is 16.3. The molecule has 1 aliphatic rings. The molecule has 0 radical (unpaired) electrons. The second-order valence-corrected chi connectivity index (χ2v) is 5.53. The number of benzene rings is 1. The van der Waals surface area contributed by atoms with Gasteiger partial charge in [0.1, 0.15) is 0 Å². The van der Waals surface area contributed by atoms with Crippen molar-refractivity contribution in [3.05, 3.63) is 39.4 Å². The highest BCUT2D eigenvalue weighted by Crippen LogP contribution is 2.35. The van der Waals surface area contributed by atoms with E-state index in [1.54, 1.807) is 0 Å². The van der Waals surface area contributed by atoms with Crippen molar-refractivity contribution in [3.8, 4) is 0 Å². The van der Waals surface area contributed by atoms with Gasteiger partial charge in [0.25, 0.3) is 5.69 Å². The first-order valence-corrected chi connectivity index (χ1v) is 7.03. The highest BCUT2D eigenvalue weighted by Gasteiger charge is 2.35. The number of hydrogen-bond acceptors (Lipinski definition) is 4. The van der Waals surface area contributed by atoms with Crippen molar-refractivity contribution in [1.29, 1.82) is 0 Å². The molecule has 22 heavy (non-hydrogen) atoms. The van der Waals surface area contributed by atoms with E-state index in [0.717, 1.165) is 32.1 Å². The Bertz CT molecular complexity index is 549. The molecule has 1 saturated heterocycles. The van der Waals surface area contributed by atoms with Crippen LogP contribution < -0.4 is 0 Å². The first kappa shape index (κ1) is 16.7. The summed E-state index contributed by atoms with van der Waals surface area (Å²) >= 11 is 0. The van der Waals surface area contributed by atoms with E-state index < -0.39 is 22.4 Å². The number of alkyl halides is 3. The van der Waals surface area contributed by atoms with Crippen LogP contribution >= 0.6 is 0 Å². The molecular weight excluding hydrogens is 299 g/mol. The normalized spacial score (nSPS) is 18.2. The van der Waals surface area contributed by atoms with Crippen LogP contribution in [0, 0.1) is 10.1 Å². The van der Waals surface area contributed by atoms with Crippen molar-refractivity contribution in [2.45, 2.75) is 19.1 Å². The van der Waals surface area contributed by atoms with E-state index in [-0.39, 0.29) is 12.1 Å². The number of likely N-dealkylation sites (N-methyl/N-ethyl adjacent to an activating group) is 1. The number of non-ortho nitro benzene ring substituents is 1. The summed E-state index contributed by atoms with van der Waals surface area (Å²) in [6, 6.07) is 2.98. The lowest BCUT2D eigenvalue weighted by Gasteiger charge is -2.22. The fourth-order valence-corrected chi connectivity index (χ4v) is 2.58. The van der Waals surface area contributed by atoms with Gasteiger partial charge in [-0.15, -0.1) is 0 Å². The van der Waals surface area contributed by atoms with Crippen molar-refractivity contribution in [2.75, 3.05) is 33.2 Å². The molecule has 0 N–H and O–H groups in total. The third kappa shape index (κ3) is 4.17. The Labute approximate surface area is 126 Å². The monoisotopic (exact) mass is 317 g/mol. The van der Waals surface area contributed by atoms with Crippen molar-refractivity contribution in [2.24, 2.45) is 0 Å². The van der Waals surface area contributed by atoms with Crippen LogP contribution in [0.4, 0.5) is 18.9 Å². The maximum Gasteiger partial charge on any atom is 0.416 e. The molecule has 1 aliphatic heterocycles. The van der Waals surface area contributed by atoms with Gasteiger partial charge in [-0.2, -0.15) is 13.2 Å². The van der Waals surface area contributed by atoms with E-state index in [4.69, 9.17) is 0 Å². The quantitative estimate of drug-likeness (QED) is 0.635. The van der Waals surface area contributed by atoms with Crippen LogP contribution in [0.5, 0.6) is 0 Å². The summed E-state index contributed by atoms with van der Waals surface area (Å²) in [6.45, 7) is 3.28. The second kappa shape index (κ2) is 6.62. The van der Waals surface area contributed by atoms with E-state index in [0.29, 0.717) is 12.6 Å². The van der Waals surface area contributed by atoms with Gasteiger partial charge >= 0.3 is 6.18 Å². The van der Waals surface area contributed by atoms with E-state index in [9.17, 15) is 23.3 Å². The Morgan fingerprint density at radius 1 is 1.23 bits per heavy atom. The lowest BCUT2D eigenvalue weighted by molar-refractivity contribution is -0.385. The predicted octanol–water partition coefficient (Wildman–Crippen LogP) is 2.75. The Morgan fingerprint density at radius 3 is 2.59 bits per heavy atom. The zero-order valence-corrected chi connectivity index (χ0v) is 12.3. The van der Waals surface area contributed by atoms with Crippen molar-refractivity contribution in [1.82, 2.24) is 9.80 Å². The number of nitrogens with zero attached hydrogens (tertiary/aromatic N) is 3. The minimum Gasteiger partial charge on any atom is -0.305 e. The van der Waals surface area contributed by atoms with Crippen LogP contribution in [-0.2, 0) is 12.7 Å². The van der Waals surface area contributed by atoms with E-state index in [1.165, 1.54) is 6.07 Å². The zero-order valence-electron chi connectivity index (χ0n) is 12.3. The Morgan fingerprint density at radius 2 is 1.95 bits per heavy atom. The minimum absolute atomic E-state index is 0.0858. The van der Waals surface area contributed by atoms with E-state index >= 15 is 0 Å². The fraction of sp³-hybridized carbons (Fsp3) is 0.571. The highest BCUT2D eigenvalue weighted by atomic mass is 19.4. The number of rotatable bonds is 3.